The number of amides is 1. The van der Waals surface area contributed by atoms with E-state index in [4.69, 9.17) is 27.7 Å². The Hall–Kier alpha value is -2.37. The zero-order chi connectivity index (χ0) is 18.3. The van der Waals surface area contributed by atoms with Crippen molar-refractivity contribution in [3.63, 3.8) is 0 Å². The molecule has 0 unspecified atom stereocenters. The highest BCUT2D eigenvalue weighted by Gasteiger charge is 2.28. The first kappa shape index (κ1) is 17.1. The quantitative estimate of drug-likeness (QED) is 0.619. The molecule has 0 aliphatic carbocycles. The predicted molar refractivity (Wildman–Crippen MR) is 96.8 cm³/mol. The third-order valence-electron chi connectivity index (χ3n) is 4.40. The number of carbonyl (C=O) groups is 1. The number of nitrogens with zero attached hydrogens (tertiary/aromatic N) is 2. The topological polar surface area (TPSA) is 46.3 Å². The van der Waals surface area contributed by atoms with Gasteiger partial charge in [0, 0.05) is 23.2 Å². The molecule has 7 heteroatoms. The Bertz CT molecular complexity index is 986. The number of fused-ring (bicyclic) bond motifs is 1. The zero-order valence-electron chi connectivity index (χ0n) is 13.5. The molecule has 0 saturated heterocycles. The standard InChI is InChI=1S/C19H13Cl2FN2O2/c20-15-6-3-12(9-16(15)21)19(25)24-8-7-14-17(10-24)23-26-18(14)11-1-4-13(22)5-2-11/h1-6,9H,7-8,10H2. The highest BCUT2D eigenvalue weighted by Crippen LogP contribution is 2.31. The second kappa shape index (κ2) is 6.74. The minimum absolute atomic E-state index is 0.138. The Morgan fingerprint density at radius 2 is 1.88 bits per heavy atom. The van der Waals surface area contributed by atoms with Crippen LogP contribution in [0, 0.1) is 5.82 Å². The van der Waals surface area contributed by atoms with Crippen molar-refractivity contribution in [2.24, 2.45) is 0 Å². The maximum Gasteiger partial charge on any atom is 0.254 e. The lowest BCUT2D eigenvalue weighted by Crippen LogP contribution is -2.36. The van der Waals surface area contributed by atoms with Gasteiger partial charge in [-0.2, -0.15) is 0 Å². The molecule has 3 aromatic rings. The lowest BCUT2D eigenvalue weighted by molar-refractivity contribution is 0.0731. The van der Waals surface area contributed by atoms with E-state index in [1.165, 1.54) is 12.1 Å². The van der Waals surface area contributed by atoms with Crippen LogP contribution in [0.25, 0.3) is 11.3 Å². The molecule has 2 aromatic carbocycles. The van der Waals surface area contributed by atoms with E-state index in [9.17, 15) is 9.18 Å². The second-order valence-corrected chi connectivity index (χ2v) is 6.86. The van der Waals surface area contributed by atoms with Crippen LogP contribution in [-0.2, 0) is 13.0 Å². The van der Waals surface area contributed by atoms with E-state index >= 15 is 0 Å². The number of benzene rings is 2. The Morgan fingerprint density at radius 1 is 1.12 bits per heavy atom. The number of carbonyl (C=O) groups excluding carboxylic acids is 1. The molecule has 0 radical (unpaired) electrons. The van der Waals surface area contributed by atoms with E-state index in [0.717, 1.165) is 11.1 Å². The van der Waals surface area contributed by atoms with E-state index in [1.807, 2.05) is 0 Å². The van der Waals surface area contributed by atoms with Crippen LogP contribution in [0.5, 0.6) is 0 Å². The average Bonchev–Trinajstić information content (AvgIpc) is 3.07. The van der Waals surface area contributed by atoms with Gasteiger partial charge in [0.1, 0.15) is 11.5 Å². The summed E-state index contributed by atoms with van der Waals surface area (Å²) in [4.78, 5) is 14.4. The molecule has 0 bridgehead atoms. The molecule has 0 fully saturated rings. The van der Waals surface area contributed by atoms with Gasteiger partial charge in [-0.3, -0.25) is 4.79 Å². The average molecular weight is 391 g/mol. The number of aromatic nitrogens is 1. The summed E-state index contributed by atoms with van der Waals surface area (Å²) in [5, 5.41) is 4.85. The molecule has 0 spiro atoms. The summed E-state index contributed by atoms with van der Waals surface area (Å²) in [6, 6.07) is 10.9. The Morgan fingerprint density at radius 3 is 2.62 bits per heavy atom. The fourth-order valence-electron chi connectivity index (χ4n) is 3.04. The number of halogens is 3. The first-order valence-corrected chi connectivity index (χ1v) is 8.76. The molecular weight excluding hydrogens is 378 g/mol. The van der Waals surface area contributed by atoms with Crippen molar-refractivity contribution in [3.05, 3.63) is 75.1 Å². The fourth-order valence-corrected chi connectivity index (χ4v) is 3.34. The van der Waals surface area contributed by atoms with Gasteiger partial charge in [-0.1, -0.05) is 28.4 Å². The molecule has 4 rings (SSSR count). The highest BCUT2D eigenvalue weighted by molar-refractivity contribution is 6.42. The summed E-state index contributed by atoms with van der Waals surface area (Å²) < 4.78 is 18.6. The Kier molecular flexibility index (Phi) is 4.42. The zero-order valence-corrected chi connectivity index (χ0v) is 15.0. The van der Waals surface area contributed by atoms with Gasteiger partial charge in [0.05, 0.1) is 16.6 Å². The Labute approximate surface area is 159 Å². The van der Waals surface area contributed by atoms with Gasteiger partial charge >= 0.3 is 0 Å². The normalized spacial score (nSPS) is 13.6. The van der Waals surface area contributed by atoms with Crippen molar-refractivity contribution in [1.82, 2.24) is 10.1 Å². The molecule has 2 heterocycles. The van der Waals surface area contributed by atoms with Gasteiger partial charge in [-0.15, -0.1) is 0 Å². The third-order valence-corrected chi connectivity index (χ3v) is 5.14. The van der Waals surface area contributed by atoms with E-state index in [0.29, 0.717) is 46.6 Å². The lowest BCUT2D eigenvalue weighted by Gasteiger charge is -2.26. The summed E-state index contributed by atoms with van der Waals surface area (Å²) in [6.07, 6.45) is 0.610. The minimum Gasteiger partial charge on any atom is -0.356 e. The van der Waals surface area contributed by atoms with E-state index < -0.39 is 0 Å². The molecule has 1 aliphatic heterocycles. The summed E-state index contributed by atoms with van der Waals surface area (Å²) in [5.41, 5.74) is 2.91. The number of hydrogen-bond acceptors (Lipinski definition) is 3. The number of hydrogen-bond donors (Lipinski definition) is 0. The first-order valence-electron chi connectivity index (χ1n) is 8.00. The van der Waals surface area contributed by atoms with Crippen molar-refractivity contribution in [3.8, 4) is 11.3 Å². The van der Waals surface area contributed by atoms with Crippen LogP contribution >= 0.6 is 23.2 Å². The van der Waals surface area contributed by atoms with Crippen molar-refractivity contribution in [2.75, 3.05) is 6.54 Å². The van der Waals surface area contributed by atoms with E-state index in [-0.39, 0.29) is 11.7 Å². The molecule has 0 atom stereocenters. The molecule has 0 N–H and O–H groups in total. The van der Waals surface area contributed by atoms with Gasteiger partial charge < -0.3 is 9.42 Å². The maximum absolute atomic E-state index is 13.1. The van der Waals surface area contributed by atoms with Crippen LogP contribution in [-0.4, -0.2) is 22.5 Å². The Balaban J connectivity index is 1.58. The van der Waals surface area contributed by atoms with Gasteiger partial charge in [-0.05, 0) is 48.9 Å². The summed E-state index contributed by atoms with van der Waals surface area (Å²) >= 11 is 11.9. The third kappa shape index (κ3) is 3.08. The van der Waals surface area contributed by atoms with Crippen LogP contribution in [0.15, 0.2) is 47.0 Å². The minimum atomic E-state index is -0.305. The van der Waals surface area contributed by atoms with Crippen molar-refractivity contribution in [1.29, 1.82) is 0 Å². The van der Waals surface area contributed by atoms with E-state index in [2.05, 4.69) is 5.16 Å². The van der Waals surface area contributed by atoms with E-state index in [1.54, 1.807) is 35.2 Å². The van der Waals surface area contributed by atoms with Crippen LogP contribution in [0.2, 0.25) is 10.0 Å². The molecule has 26 heavy (non-hydrogen) atoms. The van der Waals surface area contributed by atoms with Crippen LogP contribution in [0.4, 0.5) is 4.39 Å². The molecule has 0 saturated carbocycles. The molecule has 4 nitrogen and oxygen atoms in total. The van der Waals surface area contributed by atoms with Gasteiger partial charge in [-0.25, -0.2) is 4.39 Å². The predicted octanol–water partition coefficient (Wildman–Crippen LogP) is 4.99. The molecule has 1 aromatic heterocycles. The van der Waals surface area contributed by atoms with Crippen molar-refractivity contribution >= 4 is 29.1 Å². The maximum atomic E-state index is 13.1. The second-order valence-electron chi connectivity index (χ2n) is 6.05. The smallest absolute Gasteiger partial charge is 0.254 e. The number of rotatable bonds is 2. The van der Waals surface area contributed by atoms with Crippen LogP contribution < -0.4 is 0 Å². The van der Waals surface area contributed by atoms with Crippen molar-refractivity contribution in [2.45, 2.75) is 13.0 Å². The SMILES string of the molecule is O=C(c1ccc(Cl)c(Cl)c1)N1CCc2c(noc2-c2ccc(F)cc2)C1. The van der Waals surface area contributed by atoms with Crippen LogP contribution in [0.3, 0.4) is 0 Å². The van der Waals surface area contributed by atoms with Gasteiger partial charge in [0.15, 0.2) is 5.76 Å². The highest BCUT2D eigenvalue weighted by atomic mass is 35.5. The van der Waals surface area contributed by atoms with Crippen molar-refractivity contribution < 1.29 is 13.7 Å². The molecule has 1 amide bonds. The van der Waals surface area contributed by atoms with Gasteiger partial charge in [0.25, 0.3) is 5.91 Å². The summed E-state index contributed by atoms with van der Waals surface area (Å²) in [5.74, 6) is 0.183. The monoisotopic (exact) mass is 390 g/mol. The first-order chi connectivity index (χ1) is 12.5. The largest absolute Gasteiger partial charge is 0.356 e. The van der Waals surface area contributed by atoms with Crippen LogP contribution in [0.1, 0.15) is 21.6 Å². The van der Waals surface area contributed by atoms with Gasteiger partial charge in [0.2, 0.25) is 0 Å². The molecule has 132 valence electrons. The fraction of sp³-hybridized carbons (Fsp3) is 0.158. The molecule has 1 aliphatic rings. The lowest BCUT2D eigenvalue weighted by atomic mass is 10.00. The summed E-state index contributed by atoms with van der Waals surface area (Å²) in [7, 11) is 0. The summed E-state index contributed by atoms with van der Waals surface area (Å²) in [6.45, 7) is 0.876. The molecular formula is C19H13Cl2FN2O2.